The monoisotopic (exact) mass is 403 g/mol. The van der Waals surface area contributed by atoms with Gasteiger partial charge in [-0.2, -0.15) is 0 Å². The molecule has 0 saturated carbocycles. The number of anilines is 1. The molecule has 1 N–H and O–H groups in total. The van der Waals surface area contributed by atoms with Crippen molar-refractivity contribution in [2.45, 2.75) is 84.3 Å². The van der Waals surface area contributed by atoms with Crippen LogP contribution < -0.4 is 5.32 Å². The van der Waals surface area contributed by atoms with Crippen LogP contribution in [0.4, 0.5) is 10.6 Å². The molecule has 2 aliphatic rings. The Balaban J connectivity index is 1.31. The van der Waals surface area contributed by atoms with E-state index in [0.717, 1.165) is 64.0 Å². The predicted molar refractivity (Wildman–Crippen MR) is 116 cm³/mol. The van der Waals surface area contributed by atoms with Crippen LogP contribution in [0.5, 0.6) is 0 Å². The number of ether oxygens (including phenoxy) is 2. The number of nitrogens with zero attached hydrogens (tertiary/aromatic N) is 2. The Bertz CT molecular complexity index is 699. The van der Waals surface area contributed by atoms with Gasteiger partial charge < -0.3 is 19.7 Å². The molecule has 0 bridgehead atoms. The number of aromatic nitrogens is 1. The van der Waals surface area contributed by atoms with E-state index in [1.54, 1.807) is 4.90 Å². The number of unbranched alkanes of at least 4 members (excludes halogenated alkanes) is 2. The summed E-state index contributed by atoms with van der Waals surface area (Å²) >= 11 is 0. The quantitative estimate of drug-likeness (QED) is 0.680. The van der Waals surface area contributed by atoms with Gasteiger partial charge in [-0.15, -0.1) is 0 Å². The lowest BCUT2D eigenvalue weighted by Gasteiger charge is -2.24. The molecule has 0 spiro atoms. The molecule has 1 aromatic heterocycles. The molecular weight excluding hydrogens is 366 g/mol. The van der Waals surface area contributed by atoms with Gasteiger partial charge in [-0.05, 0) is 77.3 Å². The maximum Gasteiger partial charge on any atom is 0.410 e. The van der Waals surface area contributed by atoms with Gasteiger partial charge in [0.2, 0.25) is 0 Å². The zero-order chi connectivity index (χ0) is 20.9. The molecule has 0 radical (unpaired) electrons. The summed E-state index contributed by atoms with van der Waals surface area (Å²) in [5, 5.41) is 3.43. The van der Waals surface area contributed by atoms with Gasteiger partial charge in [0.15, 0.2) is 0 Å². The lowest BCUT2D eigenvalue weighted by atomic mass is 10.0. The fourth-order valence-corrected chi connectivity index (χ4v) is 3.97. The van der Waals surface area contributed by atoms with E-state index in [4.69, 9.17) is 14.5 Å². The Labute approximate surface area is 175 Å². The topological polar surface area (TPSA) is 63.7 Å². The molecule has 6 heteroatoms. The highest BCUT2D eigenvalue weighted by atomic mass is 16.6. The summed E-state index contributed by atoms with van der Waals surface area (Å²) < 4.78 is 11.4. The maximum absolute atomic E-state index is 12.1. The first kappa shape index (κ1) is 21.9. The molecule has 162 valence electrons. The first-order valence-corrected chi connectivity index (χ1v) is 11.1. The van der Waals surface area contributed by atoms with Crippen molar-refractivity contribution in [2.75, 3.05) is 31.6 Å². The second kappa shape index (κ2) is 9.79. The minimum Gasteiger partial charge on any atom is -0.444 e. The first-order valence-electron chi connectivity index (χ1n) is 11.1. The number of nitrogens with one attached hydrogen (secondary N) is 1. The van der Waals surface area contributed by atoms with Crippen LogP contribution in [0.25, 0.3) is 0 Å². The number of carbonyl (C=O) groups is 1. The van der Waals surface area contributed by atoms with Gasteiger partial charge in [0.25, 0.3) is 0 Å². The average molecular weight is 404 g/mol. The molecule has 3 rings (SSSR count). The third-order valence-corrected chi connectivity index (χ3v) is 5.52. The standard InChI is InChI=1S/C23H37N3O3/c1-17-15-18-9-8-12-24-21(18)25-20(17)10-6-5-7-14-28-19-11-13-26(16-19)22(27)29-23(2,3)4/h15,19H,5-14,16H2,1-4H3,(H,24,25)/t19-/m1/s1. The van der Waals surface area contributed by atoms with E-state index in [1.807, 2.05) is 20.8 Å². The molecule has 3 heterocycles. The van der Waals surface area contributed by atoms with Crippen LogP contribution in [-0.2, 0) is 22.3 Å². The van der Waals surface area contributed by atoms with Crippen molar-refractivity contribution in [3.63, 3.8) is 0 Å². The number of fused-ring (bicyclic) bond motifs is 1. The number of likely N-dealkylation sites (tertiary alicyclic amines) is 1. The number of carbonyl (C=O) groups excluding carboxylic acids is 1. The molecule has 1 fully saturated rings. The summed E-state index contributed by atoms with van der Waals surface area (Å²) in [6, 6.07) is 2.31. The fourth-order valence-electron chi connectivity index (χ4n) is 3.97. The van der Waals surface area contributed by atoms with E-state index < -0.39 is 5.60 Å². The average Bonchev–Trinajstić information content (AvgIpc) is 3.12. The van der Waals surface area contributed by atoms with Crippen LogP contribution in [0.15, 0.2) is 6.07 Å². The van der Waals surface area contributed by atoms with Gasteiger partial charge in [-0.25, -0.2) is 9.78 Å². The van der Waals surface area contributed by atoms with Crippen LogP contribution in [0, 0.1) is 6.92 Å². The molecule has 0 aromatic carbocycles. The Hall–Kier alpha value is -1.82. The normalized spacial score (nSPS) is 19.0. The van der Waals surface area contributed by atoms with E-state index in [0.29, 0.717) is 6.54 Å². The van der Waals surface area contributed by atoms with E-state index in [9.17, 15) is 4.79 Å². The highest BCUT2D eigenvalue weighted by molar-refractivity contribution is 5.68. The van der Waals surface area contributed by atoms with Crippen molar-refractivity contribution < 1.29 is 14.3 Å². The number of amides is 1. The number of hydrogen-bond donors (Lipinski definition) is 1. The Morgan fingerprint density at radius 2 is 2.14 bits per heavy atom. The SMILES string of the molecule is Cc1cc2c(nc1CCCCCO[C@@H]1CCN(C(=O)OC(C)(C)C)C1)NCCC2. The molecule has 6 nitrogen and oxygen atoms in total. The van der Waals surface area contributed by atoms with Crippen molar-refractivity contribution in [1.29, 1.82) is 0 Å². The summed E-state index contributed by atoms with van der Waals surface area (Å²) in [5.41, 5.74) is 3.46. The molecular formula is C23H37N3O3. The third-order valence-electron chi connectivity index (χ3n) is 5.52. The molecule has 2 aliphatic heterocycles. The zero-order valence-corrected chi connectivity index (χ0v) is 18.6. The third kappa shape index (κ3) is 6.59. The second-order valence-corrected chi connectivity index (χ2v) is 9.31. The van der Waals surface area contributed by atoms with Gasteiger partial charge >= 0.3 is 6.09 Å². The van der Waals surface area contributed by atoms with Crippen LogP contribution in [0.2, 0.25) is 0 Å². The molecule has 0 aliphatic carbocycles. The van der Waals surface area contributed by atoms with E-state index >= 15 is 0 Å². The van der Waals surface area contributed by atoms with E-state index in [-0.39, 0.29) is 12.2 Å². The summed E-state index contributed by atoms with van der Waals surface area (Å²) in [6.45, 7) is 11.0. The Kier molecular flexibility index (Phi) is 7.38. The minimum atomic E-state index is -0.447. The fraction of sp³-hybridized carbons (Fsp3) is 0.739. The zero-order valence-electron chi connectivity index (χ0n) is 18.6. The smallest absolute Gasteiger partial charge is 0.410 e. The number of hydrogen-bond acceptors (Lipinski definition) is 5. The van der Waals surface area contributed by atoms with Gasteiger partial charge in [0, 0.05) is 25.4 Å². The highest BCUT2D eigenvalue weighted by Crippen LogP contribution is 2.23. The van der Waals surface area contributed by atoms with Crippen molar-refractivity contribution in [3.8, 4) is 0 Å². The predicted octanol–water partition coefficient (Wildman–Crippen LogP) is 4.49. The first-order chi connectivity index (χ1) is 13.8. The lowest BCUT2D eigenvalue weighted by molar-refractivity contribution is 0.0206. The van der Waals surface area contributed by atoms with Gasteiger partial charge in [-0.1, -0.05) is 12.5 Å². The van der Waals surface area contributed by atoms with Gasteiger partial charge in [-0.3, -0.25) is 0 Å². The van der Waals surface area contributed by atoms with Gasteiger partial charge in [0.1, 0.15) is 11.4 Å². The summed E-state index contributed by atoms with van der Waals surface area (Å²) in [4.78, 5) is 18.7. The number of pyridine rings is 1. The van der Waals surface area contributed by atoms with Crippen molar-refractivity contribution in [1.82, 2.24) is 9.88 Å². The molecule has 1 amide bonds. The van der Waals surface area contributed by atoms with Crippen molar-refractivity contribution >= 4 is 11.9 Å². The molecule has 1 saturated heterocycles. The van der Waals surface area contributed by atoms with Crippen LogP contribution >= 0.6 is 0 Å². The Morgan fingerprint density at radius 3 is 2.93 bits per heavy atom. The highest BCUT2D eigenvalue weighted by Gasteiger charge is 2.30. The van der Waals surface area contributed by atoms with Crippen molar-refractivity contribution in [2.24, 2.45) is 0 Å². The maximum atomic E-state index is 12.1. The van der Waals surface area contributed by atoms with E-state index in [2.05, 4.69) is 18.3 Å². The Morgan fingerprint density at radius 1 is 1.31 bits per heavy atom. The molecule has 1 aromatic rings. The summed E-state index contributed by atoms with van der Waals surface area (Å²) in [5.74, 6) is 1.09. The minimum absolute atomic E-state index is 0.137. The largest absolute Gasteiger partial charge is 0.444 e. The van der Waals surface area contributed by atoms with Crippen LogP contribution in [-0.4, -0.2) is 53.9 Å². The molecule has 0 unspecified atom stereocenters. The lowest BCUT2D eigenvalue weighted by Crippen LogP contribution is -2.36. The van der Waals surface area contributed by atoms with Crippen molar-refractivity contribution in [3.05, 3.63) is 22.9 Å². The summed E-state index contributed by atoms with van der Waals surface area (Å²) in [6.07, 6.45) is 7.47. The second-order valence-electron chi connectivity index (χ2n) is 9.31. The number of rotatable bonds is 7. The molecule has 1 atom stereocenters. The van der Waals surface area contributed by atoms with Crippen LogP contribution in [0.1, 0.15) is 69.7 Å². The van der Waals surface area contributed by atoms with E-state index in [1.165, 1.54) is 23.2 Å². The number of aryl methyl sites for hydroxylation is 3. The van der Waals surface area contributed by atoms with Crippen LogP contribution in [0.3, 0.4) is 0 Å². The van der Waals surface area contributed by atoms with Gasteiger partial charge in [0.05, 0.1) is 12.6 Å². The summed E-state index contributed by atoms with van der Waals surface area (Å²) in [7, 11) is 0. The molecule has 29 heavy (non-hydrogen) atoms.